The van der Waals surface area contributed by atoms with E-state index in [0.717, 1.165) is 0 Å². The summed E-state index contributed by atoms with van der Waals surface area (Å²) in [6.45, 7) is 2.88. The zero-order valence-corrected chi connectivity index (χ0v) is 11.9. The van der Waals surface area contributed by atoms with Gasteiger partial charge in [0.2, 0.25) is 5.91 Å². The van der Waals surface area contributed by atoms with Crippen molar-refractivity contribution < 1.29 is 4.79 Å². The molecule has 0 spiro atoms. The number of nitrogens with zero attached hydrogens (tertiary/aromatic N) is 1. The highest BCUT2D eigenvalue weighted by atomic mass is 16.1. The molecule has 0 fully saturated rings. The van der Waals surface area contributed by atoms with Crippen molar-refractivity contribution in [1.29, 1.82) is 5.26 Å². The van der Waals surface area contributed by atoms with Gasteiger partial charge >= 0.3 is 0 Å². The van der Waals surface area contributed by atoms with E-state index >= 15 is 0 Å². The van der Waals surface area contributed by atoms with Gasteiger partial charge < -0.3 is 10.6 Å². The molecule has 0 saturated heterocycles. The van der Waals surface area contributed by atoms with Crippen LogP contribution < -0.4 is 10.6 Å². The Bertz CT molecular complexity index is 674. The van der Waals surface area contributed by atoms with E-state index in [1.807, 2.05) is 31.2 Å². The van der Waals surface area contributed by atoms with Crippen LogP contribution in [-0.4, -0.2) is 12.5 Å². The number of aryl methyl sites for hydroxylation is 1. The van der Waals surface area contributed by atoms with Crippen molar-refractivity contribution in [3.8, 4) is 6.07 Å². The van der Waals surface area contributed by atoms with Gasteiger partial charge in [-0.15, -0.1) is 0 Å². The van der Waals surface area contributed by atoms with E-state index in [2.05, 4.69) is 16.7 Å². The molecule has 0 aliphatic heterocycles. The number of rotatable bonds is 5. The van der Waals surface area contributed by atoms with Crippen LogP contribution in [0.25, 0.3) is 0 Å². The molecule has 4 nitrogen and oxygen atoms in total. The smallest absolute Gasteiger partial charge is 0.238 e. The Hall–Kier alpha value is -2.64. The second-order valence-corrected chi connectivity index (χ2v) is 4.74. The molecule has 2 N–H and O–H groups in total. The summed E-state index contributed by atoms with van der Waals surface area (Å²) < 4.78 is 0. The van der Waals surface area contributed by atoms with Crippen LogP contribution in [0.2, 0.25) is 0 Å². The number of carbonyl (C=O) groups is 1. The van der Waals surface area contributed by atoms with Crippen LogP contribution in [0, 0.1) is 18.3 Å². The Morgan fingerprint density at radius 1 is 1.14 bits per heavy atom. The number of nitrogens with one attached hydrogen (secondary N) is 2. The second-order valence-electron chi connectivity index (χ2n) is 4.74. The van der Waals surface area contributed by atoms with Crippen molar-refractivity contribution in [2.75, 3.05) is 11.9 Å². The van der Waals surface area contributed by atoms with Gasteiger partial charge in [0, 0.05) is 6.54 Å². The first kappa shape index (κ1) is 14.8. The third kappa shape index (κ3) is 4.16. The van der Waals surface area contributed by atoms with Gasteiger partial charge in [-0.1, -0.05) is 36.4 Å². The highest BCUT2D eigenvalue weighted by Gasteiger charge is 2.06. The number of carbonyl (C=O) groups excluding carboxylic acids is 1. The number of hydrogen-bond acceptors (Lipinski definition) is 3. The first-order chi connectivity index (χ1) is 10.2. The normalized spacial score (nSPS) is 9.90. The van der Waals surface area contributed by atoms with Crippen molar-refractivity contribution in [2.45, 2.75) is 13.5 Å². The minimum Gasteiger partial charge on any atom is -0.324 e. The number of nitriles is 1. The molecule has 2 aromatic rings. The van der Waals surface area contributed by atoms with E-state index in [9.17, 15) is 4.79 Å². The highest BCUT2D eigenvalue weighted by molar-refractivity contribution is 5.93. The molecule has 0 bridgehead atoms. The standard InChI is InChI=1S/C17H17N3O/c1-13-6-2-3-8-15(13)11-19-12-17(21)20-16-9-5-4-7-14(16)10-18/h2-9,19H,11-12H2,1H3,(H,20,21). The van der Waals surface area contributed by atoms with Crippen molar-refractivity contribution in [3.05, 3.63) is 65.2 Å². The lowest BCUT2D eigenvalue weighted by molar-refractivity contribution is -0.115. The van der Waals surface area contributed by atoms with Crippen LogP contribution in [0.4, 0.5) is 5.69 Å². The van der Waals surface area contributed by atoms with Crippen LogP contribution in [0.3, 0.4) is 0 Å². The Morgan fingerprint density at radius 3 is 2.62 bits per heavy atom. The SMILES string of the molecule is Cc1ccccc1CNCC(=O)Nc1ccccc1C#N. The van der Waals surface area contributed by atoms with Gasteiger partial charge in [0.05, 0.1) is 17.8 Å². The Labute approximate surface area is 124 Å². The Morgan fingerprint density at radius 2 is 1.86 bits per heavy atom. The first-order valence-corrected chi connectivity index (χ1v) is 6.75. The fraction of sp³-hybridized carbons (Fsp3) is 0.176. The van der Waals surface area contributed by atoms with E-state index in [1.165, 1.54) is 11.1 Å². The summed E-state index contributed by atoms with van der Waals surface area (Å²) in [5.41, 5.74) is 3.37. The van der Waals surface area contributed by atoms with Crippen molar-refractivity contribution in [1.82, 2.24) is 5.32 Å². The number of hydrogen-bond donors (Lipinski definition) is 2. The zero-order chi connectivity index (χ0) is 15.1. The third-order valence-corrected chi connectivity index (χ3v) is 3.18. The van der Waals surface area contributed by atoms with Gasteiger partial charge in [0.1, 0.15) is 6.07 Å². The summed E-state index contributed by atoms with van der Waals surface area (Å²) in [6, 6.07) is 17.1. The lowest BCUT2D eigenvalue weighted by Gasteiger charge is -2.09. The molecular formula is C17H17N3O. The zero-order valence-electron chi connectivity index (χ0n) is 11.9. The number of anilines is 1. The van der Waals surface area contributed by atoms with Crippen LogP contribution in [0.15, 0.2) is 48.5 Å². The molecule has 0 heterocycles. The molecule has 0 atom stereocenters. The number of amides is 1. The summed E-state index contributed by atoms with van der Waals surface area (Å²) in [5.74, 6) is -0.161. The van der Waals surface area contributed by atoms with Gasteiger partial charge in [0.15, 0.2) is 0 Å². The Balaban J connectivity index is 1.86. The molecular weight excluding hydrogens is 262 g/mol. The predicted molar refractivity (Wildman–Crippen MR) is 82.7 cm³/mol. The van der Waals surface area contributed by atoms with Crippen molar-refractivity contribution in [3.63, 3.8) is 0 Å². The molecule has 0 unspecified atom stereocenters. The molecule has 1 amide bonds. The summed E-state index contributed by atoms with van der Waals surface area (Å²) in [5, 5.41) is 14.8. The monoisotopic (exact) mass is 279 g/mol. The van der Waals surface area contributed by atoms with Gasteiger partial charge in [-0.3, -0.25) is 4.79 Å². The van der Waals surface area contributed by atoms with E-state index in [0.29, 0.717) is 17.8 Å². The maximum Gasteiger partial charge on any atom is 0.238 e. The van der Waals surface area contributed by atoms with E-state index < -0.39 is 0 Å². The largest absolute Gasteiger partial charge is 0.324 e. The van der Waals surface area contributed by atoms with Crippen LogP contribution in [0.1, 0.15) is 16.7 Å². The molecule has 21 heavy (non-hydrogen) atoms. The minimum atomic E-state index is -0.161. The maximum atomic E-state index is 11.9. The molecule has 0 aliphatic rings. The van der Waals surface area contributed by atoms with Gasteiger partial charge in [-0.25, -0.2) is 0 Å². The molecule has 4 heteroatoms. The fourth-order valence-corrected chi connectivity index (χ4v) is 2.00. The second kappa shape index (κ2) is 7.22. The van der Waals surface area contributed by atoms with Crippen molar-refractivity contribution >= 4 is 11.6 Å². The van der Waals surface area contributed by atoms with Gasteiger partial charge in [0.25, 0.3) is 0 Å². The topological polar surface area (TPSA) is 64.9 Å². The Kier molecular flexibility index (Phi) is 5.08. The average Bonchev–Trinajstić information content (AvgIpc) is 2.50. The van der Waals surface area contributed by atoms with E-state index in [1.54, 1.807) is 24.3 Å². The van der Waals surface area contributed by atoms with Gasteiger partial charge in [-0.2, -0.15) is 5.26 Å². The van der Waals surface area contributed by atoms with Crippen molar-refractivity contribution in [2.24, 2.45) is 0 Å². The molecule has 0 aliphatic carbocycles. The van der Waals surface area contributed by atoms with Crippen LogP contribution in [0.5, 0.6) is 0 Å². The highest BCUT2D eigenvalue weighted by Crippen LogP contribution is 2.13. The molecule has 106 valence electrons. The first-order valence-electron chi connectivity index (χ1n) is 6.75. The lowest BCUT2D eigenvalue weighted by atomic mass is 10.1. The average molecular weight is 279 g/mol. The number of benzene rings is 2. The minimum absolute atomic E-state index is 0.161. The molecule has 2 rings (SSSR count). The molecule has 0 radical (unpaired) electrons. The van der Waals surface area contributed by atoms with E-state index in [4.69, 9.17) is 5.26 Å². The molecule has 0 saturated carbocycles. The maximum absolute atomic E-state index is 11.9. The molecule has 2 aromatic carbocycles. The van der Waals surface area contributed by atoms with Crippen LogP contribution >= 0.6 is 0 Å². The lowest BCUT2D eigenvalue weighted by Crippen LogP contribution is -2.28. The quantitative estimate of drug-likeness (QED) is 0.884. The molecule has 0 aromatic heterocycles. The summed E-state index contributed by atoms with van der Waals surface area (Å²) in [6.07, 6.45) is 0. The third-order valence-electron chi connectivity index (χ3n) is 3.18. The van der Waals surface area contributed by atoms with Gasteiger partial charge in [-0.05, 0) is 30.2 Å². The summed E-state index contributed by atoms with van der Waals surface area (Å²) >= 11 is 0. The van der Waals surface area contributed by atoms with Crippen LogP contribution in [-0.2, 0) is 11.3 Å². The summed E-state index contributed by atoms with van der Waals surface area (Å²) in [7, 11) is 0. The predicted octanol–water partition coefficient (Wildman–Crippen LogP) is 2.60. The number of para-hydroxylation sites is 1. The fourth-order valence-electron chi connectivity index (χ4n) is 2.00. The van der Waals surface area contributed by atoms with E-state index in [-0.39, 0.29) is 12.5 Å². The summed E-state index contributed by atoms with van der Waals surface area (Å²) in [4.78, 5) is 11.9.